The van der Waals surface area contributed by atoms with Crippen molar-refractivity contribution in [3.63, 3.8) is 0 Å². The van der Waals surface area contributed by atoms with Gasteiger partial charge in [-0.2, -0.15) is 5.10 Å². The first-order chi connectivity index (χ1) is 9.81. The second kappa shape index (κ2) is 6.20. The number of rotatable bonds is 4. The minimum absolute atomic E-state index is 0.378. The van der Waals surface area contributed by atoms with Crippen molar-refractivity contribution in [2.24, 2.45) is 0 Å². The summed E-state index contributed by atoms with van der Waals surface area (Å²) < 4.78 is 7.44. The lowest BCUT2D eigenvalue weighted by Gasteiger charge is -2.28. The van der Waals surface area contributed by atoms with Crippen LogP contribution in [0.5, 0.6) is 0 Å². The van der Waals surface area contributed by atoms with Gasteiger partial charge in [-0.05, 0) is 43.5 Å². The van der Waals surface area contributed by atoms with Crippen LogP contribution in [0.15, 0.2) is 42.7 Å². The van der Waals surface area contributed by atoms with E-state index in [1.54, 1.807) is 6.20 Å². The van der Waals surface area contributed by atoms with Gasteiger partial charge in [-0.15, -0.1) is 0 Å². The Morgan fingerprint density at radius 3 is 2.90 bits per heavy atom. The molecule has 0 aliphatic carbocycles. The molecule has 1 aromatic heterocycles. The molecule has 2 unspecified atom stereocenters. The summed E-state index contributed by atoms with van der Waals surface area (Å²) in [7, 11) is 0. The molecular formula is C16H21N3O. The highest BCUT2D eigenvalue weighted by molar-refractivity contribution is 5.33. The van der Waals surface area contributed by atoms with E-state index in [4.69, 9.17) is 4.74 Å². The quantitative estimate of drug-likeness (QED) is 0.928. The summed E-state index contributed by atoms with van der Waals surface area (Å²) in [6, 6.07) is 11.0. The largest absolute Gasteiger partial charge is 0.378 e. The highest BCUT2D eigenvalue weighted by atomic mass is 16.5. The third-order valence-electron chi connectivity index (χ3n) is 3.79. The predicted octanol–water partition coefficient (Wildman–Crippen LogP) is 2.53. The van der Waals surface area contributed by atoms with Crippen molar-refractivity contribution in [3.8, 4) is 5.69 Å². The zero-order chi connectivity index (χ0) is 13.8. The van der Waals surface area contributed by atoms with E-state index in [1.807, 2.05) is 16.9 Å². The predicted molar refractivity (Wildman–Crippen MR) is 78.8 cm³/mol. The van der Waals surface area contributed by atoms with Crippen molar-refractivity contribution < 1.29 is 4.74 Å². The van der Waals surface area contributed by atoms with Gasteiger partial charge < -0.3 is 10.1 Å². The summed E-state index contributed by atoms with van der Waals surface area (Å²) in [5.41, 5.74) is 2.40. The summed E-state index contributed by atoms with van der Waals surface area (Å²) in [6.07, 6.45) is 6.34. The maximum absolute atomic E-state index is 5.57. The molecule has 1 N–H and O–H groups in total. The summed E-state index contributed by atoms with van der Waals surface area (Å²) in [5.74, 6) is 0. The van der Waals surface area contributed by atoms with Crippen LogP contribution < -0.4 is 5.32 Å². The van der Waals surface area contributed by atoms with Crippen LogP contribution in [0.2, 0.25) is 0 Å². The fourth-order valence-corrected chi connectivity index (χ4v) is 2.63. The van der Waals surface area contributed by atoms with Gasteiger partial charge in [0, 0.05) is 31.6 Å². The molecule has 0 radical (unpaired) electrons. The van der Waals surface area contributed by atoms with Gasteiger partial charge in [-0.1, -0.05) is 12.1 Å². The number of hydrogen-bond acceptors (Lipinski definition) is 3. The Hall–Kier alpha value is -1.65. The minimum atomic E-state index is 0.378. The summed E-state index contributed by atoms with van der Waals surface area (Å²) in [4.78, 5) is 0. The number of nitrogens with zero attached hydrogens (tertiary/aromatic N) is 2. The van der Waals surface area contributed by atoms with Crippen molar-refractivity contribution in [1.29, 1.82) is 0 Å². The molecule has 106 valence electrons. The lowest BCUT2D eigenvalue weighted by atomic mass is 10.0. The van der Waals surface area contributed by atoms with Crippen molar-refractivity contribution in [2.45, 2.75) is 38.5 Å². The second-order valence-corrected chi connectivity index (χ2v) is 5.40. The van der Waals surface area contributed by atoms with Crippen molar-refractivity contribution in [1.82, 2.24) is 15.1 Å². The van der Waals surface area contributed by atoms with Crippen LogP contribution in [0, 0.1) is 0 Å². The van der Waals surface area contributed by atoms with Crippen LogP contribution in [0.4, 0.5) is 0 Å². The first-order valence-corrected chi connectivity index (χ1v) is 7.25. The van der Waals surface area contributed by atoms with Gasteiger partial charge in [0.15, 0.2) is 0 Å². The topological polar surface area (TPSA) is 39.1 Å². The molecule has 0 bridgehead atoms. The molecule has 1 aliphatic rings. The summed E-state index contributed by atoms with van der Waals surface area (Å²) >= 11 is 0. The monoisotopic (exact) mass is 271 g/mol. The molecule has 0 spiro atoms. The zero-order valence-corrected chi connectivity index (χ0v) is 11.8. The second-order valence-electron chi connectivity index (χ2n) is 5.40. The van der Waals surface area contributed by atoms with Crippen LogP contribution >= 0.6 is 0 Å². The van der Waals surface area contributed by atoms with Crippen molar-refractivity contribution in [2.75, 3.05) is 6.61 Å². The van der Waals surface area contributed by atoms with Gasteiger partial charge in [-0.3, -0.25) is 0 Å². The van der Waals surface area contributed by atoms with Gasteiger partial charge in [-0.25, -0.2) is 4.68 Å². The lowest BCUT2D eigenvalue weighted by Crippen LogP contribution is -2.37. The molecule has 1 aromatic carbocycles. The summed E-state index contributed by atoms with van der Waals surface area (Å²) in [6.45, 7) is 3.93. The highest BCUT2D eigenvalue weighted by Gasteiger charge is 2.18. The smallest absolute Gasteiger partial charge is 0.0645 e. The van der Waals surface area contributed by atoms with Crippen LogP contribution in [-0.4, -0.2) is 28.5 Å². The molecule has 2 aromatic rings. The molecule has 4 nitrogen and oxygen atoms in total. The zero-order valence-electron chi connectivity index (χ0n) is 11.8. The maximum atomic E-state index is 5.57. The van der Waals surface area contributed by atoms with E-state index >= 15 is 0 Å². The standard InChI is InChI=1S/C16H21N3O/c1-13-11-15(7-10-20-13)17-12-14-3-5-16(6-4-14)19-9-2-8-18-19/h2-6,8-9,13,15,17H,7,10-12H2,1H3. The SMILES string of the molecule is CC1CC(NCc2ccc(-n3cccn3)cc2)CCO1. The fourth-order valence-electron chi connectivity index (χ4n) is 2.63. The number of aromatic nitrogens is 2. The lowest BCUT2D eigenvalue weighted by molar-refractivity contribution is 0.0130. The van der Waals surface area contributed by atoms with Gasteiger partial charge in [0.2, 0.25) is 0 Å². The van der Waals surface area contributed by atoms with Crippen LogP contribution in [0.1, 0.15) is 25.3 Å². The van der Waals surface area contributed by atoms with Crippen molar-refractivity contribution >= 4 is 0 Å². The average Bonchev–Trinajstić information content (AvgIpc) is 3.00. The summed E-state index contributed by atoms with van der Waals surface area (Å²) in [5, 5.41) is 7.85. The number of benzene rings is 1. The Kier molecular flexibility index (Phi) is 4.14. The Bertz CT molecular complexity index is 521. The van der Waals surface area contributed by atoms with Gasteiger partial charge in [0.1, 0.15) is 0 Å². The molecule has 1 saturated heterocycles. The van der Waals surface area contributed by atoms with Gasteiger partial charge in [0.25, 0.3) is 0 Å². The average molecular weight is 271 g/mol. The van der Waals surface area contributed by atoms with E-state index in [1.165, 1.54) is 5.56 Å². The van der Waals surface area contributed by atoms with Crippen LogP contribution in [-0.2, 0) is 11.3 Å². The minimum Gasteiger partial charge on any atom is -0.378 e. The van der Waals surface area contributed by atoms with Crippen molar-refractivity contribution in [3.05, 3.63) is 48.3 Å². The molecule has 2 heterocycles. The third kappa shape index (κ3) is 3.26. The van der Waals surface area contributed by atoms with E-state index in [9.17, 15) is 0 Å². The van der Waals surface area contributed by atoms with Crippen LogP contribution in [0.3, 0.4) is 0 Å². The molecule has 4 heteroatoms. The highest BCUT2D eigenvalue weighted by Crippen LogP contribution is 2.14. The Labute approximate surface area is 119 Å². The molecule has 0 saturated carbocycles. The molecule has 1 aliphatic heterocycles. The first kappa shape index (κ1) is 13.3. The van der Waals surface area contributed by atoms with Crippen LogP contribution in [0.25, 0.3) is 5.69 Å². The van der Waals surface area contributed by atoms with E-state index in [0.29, 0.717) is 12.1 Å². The number of hydrogen-bond donors (Lipinski definition) is 1. The number of nitrogens with one attached hydrogen (secondary N) is 1. The van der Waals surface area contributed by atoms with Gasteiger partial charge >= 0.3 is 0 Å². The van der Waals surface area contributed by atoms with E-state index in [2.05, 4.69) is 41.6 Å². The van der Waals surface area contributed by atoms with E-state index in [-0.39, 0.29) is 0 Å². The van der Waals surface area contributed by atoms with Gasteiger partial charge in [0.05, 0.1) is 11.8 Å². The Morgan fingerprint density at radius 2 is 2.20 bits per heavy atom. The molecule has 1 fully saturated rings. The molecule has 2 atom stereocenters. The molecule has 3 rings (SSSR count). The fraction of sp³-hybridized carbons (Fsp3) is 0.438. The maximum Gasteiger partial charge on any atom is 0.0645 e. The molecular weight excluding hydrogens is 250 g/mol. The van der Waals surface area contributed by atoms with E-state index in [0.717, 1.165) is 31.7 Å². The Morgan fingerprint density at radius 1 is 1.35 bits per heavy atom. The normalized spacial score (nSPS) is 22.9. The Balaban J connectivity index is 1.56. The molecule has 0 amide bonds. The van der Waals surface area contributed by atoms with E-state index < -0.39 is 0 Å². The third-order valence-corrected chi connectivity index (χ3v) is 3.79. The molecule has 20 heavy (non-hydrogen) atoms. The number of ether oxygens (including phenoxy) is 1. The first-order valence-electron chi connectivity index (χ1n) is 7.25.